The Bertz CT molecular complexity index is 529. The van der Waals surface area contributed by atoms with E-state index >= 15 is 0 Å². The van der Waals surface area contributed by atoms with Crippen molar-refractivity contribution in [3.05, 3.63) is 29.3 Å². The summed E-state index contributed by atoms with van der Waals surface area (Å²) in [6.07, 6.45) is 0.558. The summed E-state index contributed by atoms with van der Waals surface area (Å²) in [5.74, 6) is 0. The van der Waals surface area contributed by atoms with E-state index in [1.165, 1.54) is 12.1 Å². The highest BCUT2D eigenvalue weighted by Crippen LogP contribution is 2.51. The first kappa shape index (κ1) is 13.8. The molecule has 2 atom stereocenters. The van der Waals surface area contributed by atoms with Crippen LogP contribution in [0.15, 0.2) is 29.2 Å². The van der Waals surface area contributed by atoms with Crippen molar-refractivity contribution >= 4 is 21.4 Å². The van der Waals surface area contributed by atoms with E-state index in [1.54, 1.807) is 19.2 Å². The molecule has 1 fully saturated rings. The molecule has 0 aliphatic heterocycles. The molecule has 1 aliphatic carbocycles. The van der Waals surface area contributed by atoms with Gasteiger partial charge in [0.2, 0.25) is 0 Å². The summed E-state index contributed by atoms with van der Waals surface area (Å²) < 4.78 is 29.9. The highest BCUT2D eigenvalue weighted by atomic mass is 35.5. The minimum absolute atomic E-state index is 0.295. The number of halogens is 1. The summed E-state index contributed by atoms with van der Waals surface area (Å²) in [7, 11) is -1.79. The number of hydrogen-bond acceptors (Lipinski definition) is 4. The van der Waals surface area contributed by atoms with Crippen LogP contribution in [0.25, 0.3) is 0 Å². The molecule has 1 aliphatic rings. The van der Waals surface area contributed by atoms with Crippen LogP contribution in [0, 0.1) is 5.41 Å². The van der Waals surface area contributed by atoms with E-state index in [9.17, 15) is 8.42 Å². The van der Waals surface area contributed by atoms with Gasteiger partial charge in [0.05, 0.1) is 16.8 Å². The van der Waals surface area contributed by atoms with Crippen LogP contribution in [0.4, 0.5) is 0 Å². The summed E-state index contributed by atoms with van der Waals surface area (Å²) >= 11 is 5.76. The van der Waals surface area contributed by atoms with Gasteiger partial charge < -0.3 is 10.5 Å². The first-order valence-electron chi connectivity index (χ1n) is 5.65. The van der Waals surface area contributed by atoms with Gasteiger partial charge in [-0.1, -0.05) is 11.6 Å². The molecule has 0 spiro atoms. The van der Waals surface area contributed by atoms with Gasteiger partial charge >= 0.3 is 0 Å². The average molecular weight is 290 g/mol. The van der Waals surface area contributed by atoms with Crippen LogP contribution in [0.2, 0.25) is 5.02 Å². The highest BCUT2D eigenvalue weighted by molar-refractivity contribution is 7.92. The number of ether oxygens (including phenoxy) is 1. The second-order valence-electron chi connectivity index (χ2n) is 4.69. The number of methoxy groups -OCH3 is 1. The number of nitrogens with two attached hydrogens (primary N) is 1. The third-order valence-corrected chi connectivity index (χ3v) is 6.07. The maximum absolute atomic E-state index is 12.4. The van der Waals surface area contributed by atoms with Crippen LogP contribution in [0.1, 0.15) is 6.42 Å². The predicted molar refractivity (Wildman–Crippen MR) is 70.4 cm³/mol. The van der Waals surface area contributed by atoms with Crippen molar-refractivity contribution in [2.45, 2.75) is 16.6 Å². The Morgan fingerprint density at radius 2 is 2.06 bits per heavy atom. The second-order valence-corrected chi connectivity index (χ2v) is 7.26. The summed E-state index contributed by atoms with van der Waals surface area (Å²) in [5, 5.41) is 0.0721. The molecule has 0 bridgehead atoms. The Morgan fingerprint density at radius 1 is 1.44 bits per heavy atom. The normalized spacial score (nSPS) is 27.2. The second kappa shape index (κ2) is 4.81. The van der Waals surface area contributed by atoms with Crippen molar-refractivity contribution in [1.29, 1.82) is 0 Å². The monoisotopic (exact) mass is 289 g/mol. The van der Waals surface area contributed by atoms with Crippen LogP contribution in [0.5, 0.6) is 0 Å². The molecule has 1 aromatic rings. The summed E-state index contributed by atoms with van der Waals surface area (Å²) in [5.41, 5.74) is 5.26. The van der Waals surface area contributed by atoms with E-state index in [0.717, 1.165) is 0 Å². The topological polar surface area (TPSA) is 69.4 Å². The number of rotatable bonds is 5. The molecule has 6 heteroatoms. The number of hydrogen-bond donors (Lipinski definition) is 1. The van der Waals surface area contributed by atoms with Crippen molar-refractivity contribution < 1.29 is 13.2 Å². The molecule has 2 N–H and O–H groups in total. The Morgan fingerprint density at radius 3 is 2.56 bits per heavy atom. The minimum Gasteiger partial charge on any atom is -0.384 e. The SMILES string of the molecule is COC[C@@]1(CN)C[C@@H]1S(=O)(=O)c1ccc(Cl)cc1. The smallest absolute Gasteiger partial charge is 0.181 e. The molecule has 100 valence electrons. The highest BCUT2D eigenvalue weighted by Gasteiger charge is 2.60. The zero-order valence-electron chi connectivity index (χ0n) is 10.1. The first-order chi connectivity index (χ1) is 8.46. The molecule has 1 aromatic carbocycles. The van der Waals surface area contributed by atoms with Crippen molar-refractivity contribution in [3.8, 4) is 0 Å². The van der Waals surface area contributed by atoms with Gasteiger partial charge in [0.1, 0.15) is 0 Å². The summed E-state index contributed by atoms with van der Waals surface area (Å²) in [6.45, 7) is 0.694. The van der Waals surface area contributed by atoms with Crippen molar-refractivity contribution in [2.24, 2.45) is 11.1 Å². The van der Waals surface area contributed by atoms with Gasteiger partial charge in [0, 0.05) is 24.1 Å². The van der Waals surface area contributed by atoms with E-state index in [4.69, 9.17) is 22.1 Å². The molecule has 0 aromatic heterocycles. The third kappa shape index (κ3) is 2.28. The quantitative estimate of drug-likeness (QED) is 0.891. The maximum Gasteiger partial charge on any atom is 0.181 e. The molecule has 2 rings (SSSR count). The number of benzene rings is 1. The van der Waals surface area contributed by atoms with Gasteiger partial charge in [0.15, 0.2) is 9.84 Å². The fourth-order valence-electron chi connectivity index (χ4n) is 2.25. The van der Waals surface area contributed by atoms with E-state index in [-0.39, 0.29) is 0 Å². The van der Waals surface area contributed by atoms with Crippen LogP contribution >= 0.6 is 11.6 Å². The molecule has 0 saturated heterocycles. The zero-order chi connectivity index (χ0) is 13.4. The maximum atomic E-state index is 12.4. The molecule has 0 radical (unpaired) electrons. The van der Waals surface area contributed by atoms with Crippen molar-refractivity contribution in [2.75, 3.05) is 20.3 Å². The summed E-state index contributed by atoms with van der Waals surface area (Å²) in [6, 6.07) is 6.22. The molecule has 0 amide bonds. The molecular formula is C12H16ClNO3S. The molecule has 0 heterocycles. The minimum atomic E-state index is -3.34. The lowest BCUT2D eigenvalue weighted by molar-refractivity contribution is 0.145. The Balaban J connectivity index is 2.26. The lowest BCUT2D eigenvalue weighted by Gasteiger charge is -2.13. The van der Waals surface area contributed by atoms with Gasteiger partial charge in [-0.25, -0.2) is 8.42 Å². The Hall–Kier alpha value is -0.620. The van der Waals surface area contributed by atoms with E-state index in [0.29, 0.717) is 29.5 Å². The van der Waals surface area contributed by atoms with E-state index in [1.807, 2.05) is 0 Å². The van der Waals surface area contributed by atoms with E-state index < -0.39 is 20.5 Å². The lowest BCUT2D eigenvalue weighted by atomic mass is 10.1. The van der Waals surface area contributed by atoms with Crippen LogP contribution in [-0.4, -0.2) is 33.9 Å². The zero-order valence-corrected chi connectivity index (χ0v) is 11.7. The average Bonchev–Trinajstić information content (AvgIpc) is 3.06. The van der Waals surface area contributed by atoms with Crippen molar-refractivity contribution in [1.82, 2.24) is 0 Å². The summed E-state index contributed by atoms with van der Waals surface area (Å²) in [4.78, 5) is 0.295. The lowest BCUT2D eigenvalue weighted by Crippen LogP contribution is -2.28. The molecule has 18 heavy (non-hydrogen) atoms. The van der Waals surface area contributed by atoms with Crippen molar-refractivity contribution in [3.63, 3.8) is 0 Å². The standard InChI is InChI=1S/C12H16ClNO3S/c1-17-8-12(7-14)6-11(12)18(15,16)10-4-2-9(13)3-5-10/h2-5,11H,6-8,14H2,1H3/t11-,12-/m0/s1. The largest absolute Gasteiger partial charge is 0.384 e. The van der Waals surface area contributed by atoms with Crippen LogP contribution in [-0.2, 0) is 14.6 Å². The van der Waals surface area contributed by atoms with Gasteiger partial charge in [-0.15, -0.1) is 0 Å². The fraction of sp³-hybridized carbons (Fsp3) is 0.500. The van der Waals surface area contributed by atoms with Crippen LogP contribution < -0.4 is 5.73 Å². The molecule has 0 unspecified atom stereocenters. The molecule has 1 saturated carbocycles. The number of sulfone groups is 1. The molecule has 4 nitrogen and oxygen atoms in total. The predicted octanol–water partition coefficient (Wildman–Crippen LogP) is 1.48. The fourth-order valence-corrected chi connectivity index (χ4v) is 4.59. The third-order valence-electron chi connectivity index (χ3n) is 3.47. The van der Waals surface area contributed by atoms with Gasteiger partial charge in [-0.3, -0.25) is 0 Å². The first-order valence-corrected chi connectivity index (χ1v) is 7.57. The van der Waals surface area contributed by atoms with Gasteiger partial charge in [-0.2, -0.15) is 0 Å². The van der Waals surface area contributed by atoms with Gasteiger partial charge in [-0.05, 0) is 30.7 Å². The molecular weight excluding hydrogens is 274 g/mol. The van der Waals surface area contributed by atoms with E-state index in [2.05, 4.69) is 0 Å². The van der Waals surface area contributed by atoms with Crippen LogP contribution in [0.3, 0.4) is 0 Å². The van der Waals surface area contributed by atoms with Gasteiger partial charge in [0.25, 0.3) is 0 Å². The Labute approximate surface area is 112 Å². The Kier molecular flexibility index (Phi) is 3.69.